The summed E-state index contributed by atoms with van der Waals surface area (Å²) in [6, 6.07) is 0. The number of aliphatic hydroxyl groups is 1. The lowest BCUT2D eigenvalue weighted by molar-refractivity contribution is 0.0235. The Hall–Kier alpha value is -0.180. The number of rotatable bonds is 1. The van der Waals surface area contributed by atoms with Gasteiger partial charge in [-0.05, 0) is 39.7 Å². The van der Waals surface area contributed by atoms with Crippen molar-refractivity contribution in [2.24, 2.45) is 0 Å². The van der Waals surface area contributed by atoms with Gasteiger partial charge in [0, 0.05) is 19.3 Å². The highest BCUT2D eigenvalue weighted by Crippen LogP contribution is 2.30. The van der Waals surface area contributed by atoms with Crippen molar-refractivity contribution in [3.63, 3.8) is 0 Å². The van der Waals surface area contributed by atoms with Crippen molar-refractivity contribution in [1.29, 1.82) is 0 Å². The molecule has 1 saturated heterocycles. The molecule has 126 valence electrons. The summed E-state index contributed by atoms with van der Waals surface area (Å²) in [5.74, 6) is 0.674. The average Bonchev–Trinajstić information content (AvgIpc) is 2.32. The molecule has 0 radical (unpaired) electrons. The molecule has 6 nitrogen and oxygen atoms in total. The highest BCUT2D eigenvalue weighted by Gasteiger charge is 2.33. The van der Waals surface area contributed by atoms with E-state index in [1.807, 2.05) is 11.9 Å². The molecule has 1 heterocycles. The van der Waals surface area contributed by atoms with Gasteiger partial charge in [-0.1, -0.05) is 0 Å². The van der Waals surface area contributed by atoms with Gasteiger partial charge in [0.2, 0.25) is 0 Å². The SMILES string of the molecule is CC1(O)CCC(S(C)(=O)=O)CC1.CN1CCS(=O)(=O)CC1. The van der Waals surface area contributed by atoms with Crippen molar-refractivity contribution in [2.75, 3.05) is 37.9 Å². The zero-order valence-corrected chi connectivity index (χ0v) is 14.7. The lowest BCUT2D eigenvalue weighted by Crippen LogP contribution is -2.37. The molecule has 1 aliphatic carbocycles. The average molecular weight is 341 g/mol. The highest BCUT2D eigenvalue weighted by atomic mass is 32.2. The van der Waals surface area contributed by atoms with Gasteiger partial charge >= 0.3 is 0 Å². The van der Waals surface area contributed by atoms with Crippen molar-refractivity contribution < 1.29 is 21.9 Å². The van der Waals surface area contributed by atoms with Crippen LogP contribution < -0.4 is 0 Å². The summed E-state index contributed by atoms with van der Waals surface area (Å²) in [6.07, 6.45) is 3.69. The second kappa shape index (κ2) is 6.93. The van der Waals surface area contributed by atoms with Gasteiger partial charge in [-0.25, -0.2) is 16.8 Å². The fourth-order valence-electron chi connectivity index (χ4n) is 2.45. The maximum Gasteiger partial charge on any atom is 0.152 e. The molecular weight excluding hydrogens is 314 g/mol. The van der Waals surface area contributed by atoms with Crippen LogP contribution in [0.15, 0.2) is 0 Å². The van der Waals surface area contributed by atoms with Crippen LogP contribution >= 0.6 is 0 Å². The van der Waals surface area contributed by atoms with Crippen molar-refractivity contribution >= 4 is 19.7 Å². The minimum Gasteiger partial charge on any atom is -0.390 e. The fraction of sp³-hybridized carbons (Fsp3) is 1.00. The molecule has 1 saturated carbocycles. The van der Waals surface area contributed by atoms with E-state index in [0.29, 0.717) is 50.3 Å². The molecule has 0 bridgehead atoms. The number of sulfone groups is 2. The third kappa shape index (κ3) is 7.08. The summed E-state index contributed by atoms with van der Waals surface area (Å²) in [4.78, 5) is 2.03. The Morgan fingerprint density at radius 1 is 1.14 bits per heavy atom. The molecule has 0 aromatic heterocycles. The topological polar surface area (TPSA) is 91.8 Å². The smallest absolute Gasteiger partial charge is 0.152 e. The molecule has 21 heavy (non-hydrogen) atoms. The van der Waals surface area contributed by atoms with E-state index in [1.54, 1.807) is 6.92 Å². The predicted molar refractivity (Wildman–Crippen MR) is 83.9 cm³/mol. The summed E-state index contributed by atoms with van der Waals surface area (Å²) in [5.41, 5.74) is -0.638. The van der Waals surface area contributed by atoms with Gasteiger partial charge in [0.1, 0.15) is 9.84 Å². The molecule has 2 fully saturated rings. The van der Waals surface area contributed by atoms with Crippen molar-refractivity contribution in [3.8, 4) is 0 Å². The quantitative estimate of drug-likeness (QED) is 0.726. The molecule has 0 aromatic carbocycles. The molecule has 1 N–H and O–H groups in total. The van der Waals surface area contributed by atoms with Crippen LogP contribution in [0.5, 0.6) is 0 Å². The monoisotopic (exact) mass is 341 g/mol. The van der Waals surface area contributed by atoms with Crippen molar-refractivity contribution in [2.45, 2.75) is 43.5 Å². The largest absolute Gasteiger partial charge is 0.390 e. The van der Waals surface area contributed by atoms with Crippen LogP contribution in [0.2, 0.25) is 0 Å². The second-order valence-corrected chi connectivity index (χ2v) is 11.1. The Balaban J connectivity index is 0.000000219. The van der Waals surface area contributed by atoms with E-state index in [0.717, 1.165) is 0 Å². The van der Waals surface area contributed by atoms with E-state index in [4.69, 9.17) is 0 Å². The molecule has 1 aliphatic heterocycles. The number of nitrogens with zero attached hydrogens (tertiary/aromatic N) is 1. The van der Waals surface area contributed by atoms with Crippen LogP contribution in [0.1, 0.15) is 32.6 Å². The third-order valence-corrected chi connectivity index (χ3v) is 7.47. The third-order valence-electron chi connectivity index (χ3n) is 4.18. The van der Waals surface area contributed by atoms with Crippen molar-refractivity contribution in [1.82, 2.24) is 4.90 Å². The van der Waals surface area contributed by atoms with Crippen LogP contribution in [0.3, 0.4) is 0 Å². The Morgan fingerprint density at radius 2 is 1.57 bits per heavy atom. The molecule has 2 aliphatic rings. The van der Waals surface area contributed by atoms with Crippen LogP contribution in [0.4, 0.5) is 0 Å². The zero-order valence-electron chi connectivity index (χ0n) is 13.1. The van der Waals surface area contributed by atoms with Gasteiger partial charge < -0.3 is 10.0 Å². The minimum absolute atomic E-state index is 0.224. The first-order valence-electron chi connectivity index (χ1n) is 7.21. The van der Waals surface area contributed by atoms with Gasteiger partial charge in [-0.2, -0.15) is 0 Å². The summed E-state index contributed by atoms with van der Waals surface area (Å²) in [7, 11) is -3.61. The van der Waals surface area contributed by atoms with Gasteiger partial charge in [-0.15, -0.1) is 0 Å². The Bertz CT molecular complexity index is 515. The number of hydrogen-bond acceptors (Lipinski definition) is 6. The predicted octanol–water partition coefficient (Wildman–Crippen LogP) is 0.0712. The molecule has 0 unspecified atom stereocenters. The molecular formula is C13H27NO5S2. The summed E-state index contributed by atoms with van der Waals surface area (Å²) in [6.45, 7) is 3.16. The molecule has 2 rings (SSSR count). The fourth-order valence-corrected chi connectivity index (χ4v) is 4.92. The molecule has 0 spiro atoms. The molecule has 0 amide bonds. The summed E-state index contributed by atoms with van der Waals surface area (Å²) >= 11 is 0. The first-order chi connectivity index (χ1) is 9.41. The second-order valence-electron chi connectivity index (χ2n) is 6.48. The molecule has 0 aromatic rings. The zero-order chi connectivity index (χ0) is 16.3. The first-order valence-corrected chi connectivity index (χ1v) is 11.0. The van der Waals surface area contributed by atoms with Gasteiger partial charge in [0.05, 0.1) is 22.4 Å². The molecule has 8 heteroatoms. The standard InChI is InChI=1S/C8H16O3S.C5H11NO2S/c1-8(9)5-3-7(4-6-8)12(2,10)11;1-6-2-4-9(7,8)5-3-6/h7,9H,3-6H2,1-2H3;2-5H2,1H3. The van der Waals surface area contributed by atoms with E-state index in [9.17, 15) is 21.9 Å². The van der Waals surface area contributed by atoms with Gasteiger partial charge in [-0.3, -0.25) is 0 Å². The van der Waals surface area contributed by atoms with E-state index in [-0.39, 0.29) is 5.25 Å². The summed E-state index contributed by atoms with van der Waals surface area (Å²) in [5, 5.41) is 9.34. The maximum absolute atomic E-state index is 11.1. The van der Waals surface area contributed by atoms with E-state index < -0.39 is 25.3 Å². The summed E-state index contributed by atoms with van der Waals surface area (Å²) < 4.78 is 43.8. The van der Waals surface area contributed by atoms with Crippen molar-refractivity contribution in [3.05, 3.63) is 0 Å². The normalized spacial score (nSPS) is 33.8. The Morgan fingerprint density at radius 3 is 1.90 bits per heavy atom. The van der Waals surface area contributed by atoms with Crippen LogP contribution in [-0.4, -0.2) is 75.6 Å². The number of hydrogen-bond donors (Lipinski definition) is 1. The van der Waals surface area contributed by atoms with Crippen LogP contribution in [-0.2, 0) is 19.7 Å². The minimum atomic E-state index is -2.89. The Kier molecular flexibility index (Phi) is 6.23. The van der Waals surface area contributed by atoms with Crippen LogP contribution in [0, 0.1) is 0 Å². The highest BCUT2D eigenvalue weighted by molar-refractivity contribution is 7.91. The van der Waals surface area contributed by atoms with E-state index in [2.05, 4.69) is 0 Å². The molecule has 0 atom stereocenters. The van der Waals surface area contributed by atoms with Gasteiger partial charge in [0.25, 0.3) is 0 Å². The maximum atomic E-state index is 11.1. The first kappa shape index (κ1) is 18.9. The lowest BCUT2D eigenvalue weighted by Gasteiger charge is -2.31. The lowest BCUT2D eigenvalue weighted by atomic mass is 9.86. The van der Waals surface area contributed by atoms with Crippen LogP contribution in [0.25, 0.3) is 0 Å². The van der Waals surface area contributed by atoms with Gasteiger partial charge in [0.15, 0.2) is 9.84 Å². The van der Waals surface area contributed by atoms with E-state index >= 15 is 0 Å². The van der Waals surface area contributed by atoms with E-state index in [1.165, 1.54) is 6.26 Å². The Labute approximate surface area is 128 Å².